The Kier molecular flexibility index (Phi) is 5.43. The van der Waals surface area contributed by atoms with Crippen molar-refractivity contribution in [3.63, 3.8) is 0 Å². The summed E-state index contributed by atoms with van der Waals surface area (Å²) < 4.78 is 14.2. The van der Waals surface area contributed by atoms with Gasteiger partial charge in [0.1, 0.15) is 11.5 Å². The van der Waals surface area contributed by atoms with E-state index in [1.807, 2.05) is 37.3 Å². The minimum absolute atomic E-state index is 0.0481. The maximum absolute atomic E-state index is 14.2. The highest BCUT2D eigenvalue weighted by molar-refractivity contribution is 6.00. The van der Waals surface area contributed by atoms with Crippen LogP contribution in [-0.4, -0.2) is 36.0 Å². The number of pyridine rings is 3. The van der Waals surface area contributed by atoms with Crippen molar-refractivity contribution in [2.75, 3.05) is 5.32 Å². The topological polar surface area (TPSA) is 112 Å². The zero-order valence-corrected chi connectivity index (χ0v) is 21.1. The fraction of sp³-hybridized carbons (Fsp3) is 0.167. The molecule has 0 atom stereocenters. The Morgan fingerprint density at radius 2 is 1.82 bits per heavy atom. The summed E-state index contributed by atoms with van der Waals surface area (Å²) in [4.78, 5) is 29.3. The Hall–Kier alpha value is -4.92. The van der Waals surface area contributed by atoms with Gasteiger partial charge in [-0.2, -0.15) is 5.10 Å². The number of hydrogen-bond acceptors (Lipinski definition) is 5. The highest BCUT2D eigenvalue weighted by Gasteiger charge is 2.25. The molecule has 0 bridgehead atoms. The molecule has 0 aliphatic heterocycles. The Bertz CT molecular complexity index is 1870. The van der Waals surface area contributed by atoms with E-state index in [1.54, 1.807) is 24.8 Å². The van der Waals surface area contributed by atoms with E-state index in [9.17, 15) is 9.18 Å². The van der Waals surface area contributed by atoms with Gasteiger partial charge < -0.3 is 10.3 Å². The highest BCUT2D eigenvalue weighted by Crippen LogP contribution is 2.34. The summed E-state index contributed by atoms with van der Waals surface area (Å²) in [6, 6.07) is 12.7. The van der Waals surface area contributed by atoms with Crippen molar-refractivity contribution in [2.24, 2.45) is 5.92 Å². The second-order valence-corrected chi connectivity index (χ2v) is 10.1. The number of hydrogen-bond donors (Lipinski definition) is 3. The zero-order valence-electron chi connectivity index (χ0n) is 21.1. The quantitative estimate of drug-likeness (QED) is 0.244. The number of halogens is 1. The molecule has 8 nitrogen and oxygen atoms in total. The number of benzene rings is 1. The number of amides is 1. The molecule has 192 valence electrons. The van der Waals surface area contributed by atoms with Gasteiger partial charge in [0.15, 0.2) is 5.65 Å². The molecule has 1 aliphatic carbocycles. The van der Waals surface area contributed by atoms with Crippen molar-refractivity contribution < 1.29 is 9.18 Å². The van der Waals surface area contributed by atoms with Gasteiger partial charge >= 0.3 is 0 Å². The van der Waals surface area contributed by atoms with Gasteiger partial charge in [0.05, 0.1) is 23.3 Å². The number of aromatic amines is 2. The Morgan fingerprint density at radius 1 is 0.949 bits per heavy atom. The van der Waals surface area contributed by atoms with Crippen LogP contribution in [0.25, 0.3) is 55.7 Å². The average Bonchev–Trinajstić information content (AvgIpc) is 3.50. The lowest BCUT2D eigenvalue weighted by atomic mass is 9.85. The molecule has 0 radical (unpaired) electrons. The third-order valence-electron chi connectivity index (χ3n) is 7.35. The number of carbonyl (C=O) groups excluding carboxylic acids is 1. The lowest BCUT2D eigenvalue weighted by molar-refractivity contribution is -0.122. The Morgan fingerprint density at radius 3 is 2.64 bits per heavy atom. The first-order valence-corrected chi connectivity index (χ1v) is 12.9. The van der Waals surface area contributed by atoms with Crippen LogP contribution < -0.4 is 5.32 Å². The lowest BCUT2D eigenvalue weighted by Gasteiger charge is -2.24. The standard InChI is InChI=1S/C30H24FN7O/c1-16-7-18(9-21(31)8-16)27-23-12-26(36-25(23)5-6-33-27)28-24-11-20(14-34-29(24)38-37-28)19-10-22(15-32-13-19)35-30(39)17-3-2-4-17/h5-15,17,36H,2-4H2,1H3,(H,35,39)(H,34,37,38). The van der Waals surface area contributed by atoms with Gasteiger partial charge in [-0.15, -0.1) is 0 Å². The molecule has 0 unspecified atom stereocenters. The molecule has 5 aromatic heterocycles. The molecule has 1 aliphatic rings. The van der Waals surface area contributed by atoms with Crippen molar-refractivity contribution in [3.05, 3.63) is 78.6 Å². The van der Waals surface area contributed by atoms with Crippen molar-refractivity contribution in [3.8, 4) is 33.8 Å². The van der Waals surface area contributed by atoms with E-state index in [-0.39, 0.29) is 17.6 Å². The number of aromatic nitrogens is 6. The molecule has 3 N–H and O–H groups in total. The monoisotopic (exact) mass is 517 g/mol. The van der Waals surface area contributed by atoms with Gasteiger partial charge in [-0.05, 0) is 67.8 Å². The summed E-state index contributed by atoms with van der Waals surface area (Å²) >= 11 is 0. The summed E-state index contributed by atoms with van der Waals surface area (Å²) in [5.74, 6) is -0.151. The van der Waals surface area contributed by atoms with Gasteiger partial charge in [-0.3, -0.25) is 19.9 Å². The number of anilines is 1. The average molecular weight is 518 g/mol. The van der Waals surface area contributed by atoms with Crippen molar-refractivity contribution in [1.29, 1.82) is 0 Å². The predicted octanol–water partition coefficient (Wildman–Crippen LogP) is 6.42. The Labute approximate surface area is 222 Å². The Balaban J connectivity index is 1.27. The molecule has 0 spiro atoms. The first-order chi connectivity index (χ1) is 19.0. The molecule has 9 heteroatoms. The number of nitrogens with one attached hydrogen (secondary N) is 3. The first kappa shape index (κ1) is 23.2. The van der Waals surface area contributed by atoms with E-state index >= 15 is 0 Å². The number of aryl methyl sites for hydroxylation is 1. The van der Waals surface area contributed by atoms with E-state index < -0.39 is 0 Å². The van der Waals surface area contributed by atoms with Crippen LogP contribution >= 0.6 is 0 Å². The second kappa shape index (κ2) is 9.13. The van der Waals surface area contributed by atoms with Gasteiger partial charge in [0.25, 0.3) is 0 Å². The van der Waals surface area contributed by atoms with Crippen molar-refractivity contribution in [2.45, 2.75) is 26.2 Å². The largest absolute Gasteiger partial charge is 0.353 e. The van der Waals surface area contributed by atoms with Crippen LogP contribution in [0.1, 0.15) is 24.8 Å². The summed E-state index contributed by atoms with van der Waals surface area (Å²) in [5.41, 5.74) is 7.62. The van der Waals surface area contributed by atoms with Gasteiger partial charge in [0.2, 0.25) is 5.91 Å². The first-order valence-electron chi connectivity index (χ1n) is 12.9. The van der Waals surface area contributed by atoms with Gasteiger partial charge in [-0.25, -0.2) is 9.37 Å². The second-order valence-electron chi connectivity index (χ2n) is 10.1. The third kappa shape index (κ3) is 4.21. The normalized spacial score (nSPS) is 13.6. The molecule has 0 saturated heterocycles. The number of carbonyl (C=O) groups is 1. The summed E-state index contributed by atoms with van der Waals surface area (Å²) in [6.45, 7) is 1.86. The number of fused-ring (bicyclic) bond motifs is 2. The molecular formula is C30H24FN7O. The molecular weight excluding hydrogens is 493 g/mol. The van der Waals surface area contributed by atoms with Crippen LogP contribution in [0.3, 0.4) is 0 Å². The molecule has 5 heterocycles. The molecule has 1 fully saturated rings. The van der Waals surface area contributed by atoms with Crippen LogP contribution in [0.4, 0.5) is 10.1 Å². The fourth-order valence-corrected chi connectivity index (χ4v) is 5.13. The lowest BCUT2D eigenvalue weighted by Crippen LogP contribution is -2.28. The smallest absolute Gasteiger partial charge is 0.227 e. The van der Waals surface area contributed by atoms with E-state index in [2.05, 4.69) is 35.5 Å². The molecule has 39 heavy (non-hydrogen) atoms. The SMILES string of the molecule is Cc1cc(F)cc(-c2nccc3[nH]c(-c4n[nH]c5ncc(-c6cncc(NC(=O)C7CCC7)c6)cc45)cc23)c1. The van der Waals surface area contributed by atoms with E-state index in [4.69, 9.17) is 0 Å². The minimum atomic E-state index is -0.294. The molecule has 1 aromatic carbocycles. The maximum atomic E-state index is 14.2. The number of nitrogens with zero attached hydrogens (tertiary/aromatic N) is 4. The molecule has 1 amide bonds. The van der Waals surface area contributed by atoms with Crippen LogP contribution in [0.2, 0.25) is 0 Å². The third-order valence-corrected chi connectivity index (χ3v) is 7.35. The predicted molar refractivity (Wildman–Crippen MR) is 148 cm³/mol. The zero-order chi connectivity index (χ0) is 26.5. The van der Waals surface area contributed by atoms with Crippen LogP contribution in [0.5, 0.6) is 0 Å². The minimum Gasteiger partial charge on any atom is -0.353 e. The van der Waals surface area contributed by atoms with Crippen LogP contribution in [-0.2, 0) is 4.79 Å². The number of rotatable bonds is 5. The summed E-state index contributed by atoms with van der Waals surface area (Å²) in [7, 11) is 0. The van der Waals surface area contributed by atoms with Crippen LogP contribution in [0.15, 0.2) is 67.3 Å². The van der Waals surface area contributed by atoms with Gasteiger partial charge in [0, 0.05) is 57.5 Å². The van der Waals surface area contributed by atoms with E-state index in [0.29, 0.717) is 22.7 Å². The highest BCUT2D eigenvalue weighted by atomic mass is 19.1. The summed E-state index contributed by atoms with van der Waals surface area (Å²) in [5, 5.41) is 12.3. The van der Waals surface area contributed by atoms with E-state index in [1.165, 1.54) is 12.1 Å². The molecule has 1 saturated carbocycles. The molecule has 7 rings (SSSR count). The van der Waals surface area contributed by atoms with Gasteiger partial charge in [-0.1, -0.05) is 6.42 Å². The summed E-state index contributed by atoms with van der Waals surface area (Å²) in [6.07, 6.45) is 9.87. The van der Waals surface area contributed by atoms with Crippen molar-refractivity contribution >= 4 is 33.5 Å². The van der Waals surface area contributed by atoms with Crippen molar-refractivity contribution in [1.82, 2.24) is 30.1 Å². The maximum Gasteiger partial charge on any atom is 0.227 e. The fourth-order valence-electron chi connectivity index (χ4n) is 5.13. The van der Waals surface area contributed by atoms with Crippen LogP contribution in [0, 0.1) is 18.7 Å². The molecule has 6 aromatic rings. The number of H-pyrrole nitrogens is 2. The van der Waals surface area contributed by atoms with E-state index in [0.717, 1.165) is 63.5 Å².